The van der Waals surface area contributed by atoms with E-state index in [1.54, 1.807) is 6.20 Å². The highest BCUT2D eigenvalue weighted by Crippen LogP contribution is 2.17. The Balaban J connectivity index is 2.03. The third-order valence-corrected chi connectivity index (χ3v) is 3.16. The summed E-state index contributed by atoms with van der Waals surface area (Å²) < 4.78 is 6.95. The van der Waals surface area contributed by atoms with Gasteiger partial charge in [-0.2, -0.15) is 0 Å². The van der Waals surface area contributed by atoms with Crippen LogP contribution in [-0.2, 0) is 6.61 Å². The summed E-state index contributed by atoms with van der Waals surface area (Å²) in [7, 11) is 0. The van der Waals surface area contributed by atoms with Gasteiger partial charge in [-0.3, -0.25) is 0 Å². The van der Waals surface area contributed by atoms with Gasteiger partial charge >= 0.3 is 0 Å². The highest BCUT2D eigenvalue weighted by molar-refractivity contribution is 14.1. The molecule has 1 N–H and O–H groups in total. The van der Waals surface area contributed by atoms with Crippen LogP contribution in [0.3, 0.4) is 0 Å². The molecule has 2 aromatic rings. The topological polar surface area (TPSA) is 34.2 Å². The van der Waals surface area contributed by atoms with E-state index < -0.39 is 0 Å². The first-order valence-electron chi connectivity index (χ1n) is 5.85. The summed E-state index contributed by atoms with van der Waals surface area (Å²) in [5.41, 5.74) is 1.07. The average Bonchev–Trinajstić information content (AvgIpc) is 2.40. The van der Waals surface area contributed by atoms with Crippen LogP contribution in [0.5, 0.6) is 5.75 Å². The number of nitrogens with zero attached hydrogens (tertiary/aromatic N) is 1. The van der Waals surface area contributed by atoms with E-state index >= 15 is 0 Å². The molecule has 0 aliphatic carbocycles. The number of pyridine rings is 1. The fourth-order valence-electron chi connectivity index (χ4n) is 1.57. The zero-order valence-corrected chi connectivity index (χ0v) is 12.3. The molecule has 0 saturated heterocycles. The number of aromatic nitrogens is 1. The van der Waals surface area contributed by atoms with Crippen molar-refractivity contribution in [2.75, 3.05) is 11.9 Å². The van der Waals surface area contributed by atoms with Crippen LogP contribution < -0.4 is 10.1 Å². The Kier molecular flexibility index (Phi) is 4.81. The number of hydrogen-bond donors (Lipinski definition) is 1. The summed E-state index contributed by atoms with van der Waals surface area (Å²) >= 11 is 2.28. The molecular weight excluding hydrogens is 339 g/mol. The molecule has 0 bridgehead atoms. The van der Waals surface area contributed by atoms with Crippen LogP contribution >= 0.6 is 22.6 Å². The predicted molar refractivity (Wildman–Crippen MR) is 81.9 cm³/mol. The first kappa shape index (κ1) is 13.1. The molecule has 18 heavy (non-hydrogen) atoms. The van der Waals surface area contributed by atoms with Gasteiger partial charge in [0.05, 0.1) is 0 Å². The fourth-order valence-corrected chi connectivity index (χ4v) is 1.93. The van der Waals surface area contributed by atoms with Crippen LogP contribution in [0, 0.1) is 3.57 Å². The predicted octanol–water partition coefficient (Wildman–Crippen LogP) is 3.70. The molecular formula is C14H15IN2O. The van der Waals surface area contributed by atoms with Gasteiger partial charge in [0.1, 0.15) is 18.2 Å². The monoisotopic (exact) mass is 354 g/mol. The summed E-state index contributed by atoms with van der Waals surface area (Å²) in [5, 5.41) is 3.23. The quantitative estimate of drug-likeness (QED) is 0.832. The Hall–Kier alpha value is -1.30. The number of ether oxygens (including phenoxy) is 1. The highest BCUT2D eigenvalue weighted by atomic mass is 127. The SMILES string of the molecule is CCNc1ncccc1COc1ccc(I)cc1. The second-order valence-electron chi connectivity index (χ2n) is 3.78. The Labute approximate surface area is 121 Å². The van der Waals surface area contributed by atoms with Crippen LogP contribution in [0.25, 0.3) is 0 Å². The molecule has 0 unspecified atom stereocenters. The minimum Gasteiger partial charge on any atom is -0.489 e. The molecule has 94 valence electrons. The van der Waals surface area contributed by atoms with E-state index in [-0.39, 0.29) is 0 Å². The number of nitrogens with one attached hydrogen (secondary N) is 1. The number of rotatable bonds is 5. The number of anilines is 1. The van der Waals surface area contributed by atoms with Crippen molar-refractivity contribution in [2.24, 2.45) is 0 Å². The molecule has 0 aliphatic heterocycles. The summed E-state index contributed by atoms with van der Waals surface area (Å²) in [6.45, 7) is 3.43. The Morgan fingerprint density at radius 3 is 2.72 bits per heavy atom. The van der Waals surface area contributed by atoms with E-state index in [0.29, 0.717) is 6.61 Å². The van der Waals surface area contributed by atoms with E-state index in [1.165, 1.54) is 3.57 Å². The fraction of sp³-hybridized carbons (Fsp3) is 0.214. The third kappa shape index (κ3) is 3.60. The van der Waals surface area contributed by atoms with Gasteiger partial charge in [0.2, 0.25) is 0 Å². The second kappa shape index (κ2) is 6.58. The van der Waals surface area contributed by atoms with Crippen LogP contribution in [0.15, 0.2) is 42.6 Å². The second-order valence-corrected chi connectivity index (χ2v) is 5.03. The van der Waals surface area contributed by atoms with E-state index in [4.69, 9.17) is 4.74 Å². The maximum atomic E-state index is 5.75. The van der Waals surface area contributed by atoms with Crippen molar-refractivity contribution in [2.45, 2.75) is 13.5 Å². The van der Waals surface area contributed by atoms with Gasteiger partial charge in [-0.25, -0.2) is 4.98 Å². The van der Waals surface area contributed by atoms with Crippen molar-refractivity contribution in [1.29, 1.82) is 0 Å². The van der Waals surface area contributed by atoms with Gasteiger partial charge in [0.15, 0.2) is 0 Å². The number of benzene rings is 1. The maximum Gasteiger partial charge on any atom is 0.132 e. The molecule has 2 rings (SSSR count). The Bertz CT molecular complexity index is 499. The summed E-state index contributed by atoms with van der Waals surface area (Å²) in [6, 6.07) is 12.0. The lowest BCUT2D eigenvalue weighted by molar-refractivity contribution is 0.306. The first-order chi connectivity index (χ1) is 8.79. The van der Waals surface area contributed by atoms with Gasteiger partial charge in [0.25, 0.3) is 0 Å². The number of halogens is 1. The Morgan fingerprint density at radius 2 is 2.00 bits per heavy atom. The van der Waals surface area contributed by atoms with Crippen LogP contribution in [-0.4, -0.2) is 11.5 Å². The molecule has 0 amide bonds. The summed E-state index contributed by atoms with van der Waals surface area (Å²) in [5.74, 6) is 1.77. The smallest absolute Gasteiger partial charge is 0.132 e. The molecule has 1 aromatic carbocycles. The van der Waals surface area contributed by atoms with Gasteiger partial charge in [-0.05, 0) is 59.8 Å². The van der Waals surface area contributed by atoms with Crippen LogP contribution in [0.1, 0.15) is 12.5 Å². The molecule has 0 aliphatic rings. The molecule has 1 aromatic heterocycles. The molecule has 3 nitrogen and oxygen atoms in total. The van der Waals surface area contributed by atoms with E-state index in [9.17, 15) is 0 Å². The molecule has 0 saturated carbocycles. The van der Waals surface area contributed by atoms with Gasteiger partial charge in [0, 0.05) is 21.9 Å². The van der Waals surface area contributed by atoms with Crippen molar-refractivity contribution in [1.82, 2.24) is 4.98 Å². The van der Waals surface area contributed by atoms with Gasteiger partial charge in [-0.15, -0.1) is 0 Å². The molecule has 0 radical (unpaired) electrons. The minimum absolute atomic E-state index is 0.525. The average molecular weight is 354 g/mol. The van der Waals surface area contributed by atoms with Crippen molar-refractivity contribution in [3.8, 4) is 5.75 Å². The maximum absolute atomic E-state index is 5.75. The molecule has 0 fully saturated rings. The van der Waals surface area contributed by atoms with Crippen LogP contribution in [0.4, 0.5) is 5.82 Å². The van der Waals surface area contributed by atoms with E-state index in [2.05, 4.69) is 39.8 Å². The van der Waals surface area contributed by atoms with E-state index in [0.717, 1.165) is 23.7 Å². The zero-order valence-electron chi connectivity index (χ0n) is 10.2. The summed E-state index contributed by atoms with van der Waals surface area (Å²) in [4.78, 5) is 4.30. The zero-order chi connectivity index (χ0) is 12.8. The van der Waals surface area contributed by atoms with Crippen molar-refractivity contribution >= 4 is 28.4 Å². The van der Waals surface area contributed by atoms with Crippen molar-refractivity contribution in [3.63, 3.8) is 0 Å². The van der Waals surface area contributed by atoms with Crippen molar-refractivity contribution < 1.29 is 4.74 Å². The van der Waals surface area contributed by atoms with Gasteiger partial charge in [-0.1, -0.05) is 6.07 Å². The van der Waals surface area contributed by atoms with Crippen LogP contribution in [0.2, 0.25) is 0 Å². The lowest BCUT2D eigenvalue weighted by Crippen LogP contribution is -2.05. The lowest BCUT2D eigenvalue weighted by atomic mass is 10.2. The molecule has 0 spiro atoms. The first-order valence-corrected chi connectivity index (χ1v) is 6.93. The number of hydrogen-bond acceptors (Lipinski definition) is 3. The Morgan fingerprint density at radius 1 is 1.22 bits per heavy atom. The summed E-state index contributed by atoms with van der Waals surface area (Å²) in [6.07, 6.45) is 1.78. The molecule has 0 atom stereocenters. The largest absolute Gasteiger partial charge is 0.489 e. The van der Waals surface area contributed by atoms with Crippen molar-refractivity contribution in [3.05, 3.63) is 51.7 Å². The third-order valence-electron chi connectivity index (χ3n) is 2.44. The normalized spacial score (nSPS) is 10.1. The lowest BCUT2D eigenvalue weighted by Gasteiger charge is -2.10. The highest BCUT2D eigenvalue weighted by Gasteiger charge is 2.03. The standard InChI is InChI=1S/C14H15IN2O/c1-2-16-14-11(4-3-9-17-14)10-18-13-7-5-12(15)6-8-13/h3-9H,2,10H2,1H3,(H,16,17). The molecule has 1 heterocycles. The minimum atomic E-state index is 0.525. The molecule has 4 heteroatoms. The van der Waals surface area contributed by atoms with Gasteiger partial charge < -0.3 is 10.1 Å². The van der Waals surface area contributed by atoms with E-state index in [1.807, 2.05) is 36.4 Å².